The SMILES string of the molecule is Cc1ccc(N2C3CCC2CC(=CC(=O)O)C3)c(Br)c1. The number of hydrogen-bond acceptors (Lipinski definition) is 2. The number of anilines is 1. The minimum atomic E-state index is -0.815. The molecule has 0 radical (unpaired) electrons. The number of carbonyl (C=O) groups is 1. The van der Waals surface area contributed by atoms with Gasteiger partial charge in [0.2, 0.25) is 0 Å². The third-order valence-corrected chi connectivity index (χ3v) is 4.96. The van der Waals surface area contributed by atoms with Gasteiger partial charge in [0.05, 0.1) is 5.69 Å². The maximum Gasteiger partial charge on any atom is 0.328 e. The first-order valence-corrected chi connectivity index (χ1v) is 7.81. The number of halogens is 1. The smallest absolute Gasteiger partial charge is 0.328 e. The van der Waals surface area contributed by atoms with Gasteiger partial charge >= 0.3 is 5.97 Å². The summed E-state index contributed by atoms with van der Waals surface area (Å²) in [6.45, 7) is 2.09. The molecule has 0 aliphatic carbocycles. The molecule has 20 heavy (non-hydrogen) atoms. The maximum absolute atomic E-state index is 10.8. The van der Waals surface area contributed by atoms with Crippen LogP contribution in [0.5, 0.6) is 0 Å². The second-order valence-corrected chi connectivity index (χ2v) is 6.65. The number of benzene rings is 1. The number of piperidine rings is 1. The van der Waals surface area contributed by atoms with Crippen molar-refractivity contribution < 1.29 is 9.90 Å². The van der Waals surface area contributed by atoms with Gasteiger partial charge in [0.1, 0.15) is 0 Å². The van der Waals surface area contributed by atoms with Gasteiger partial charge in [-0.15, -0.1) is 0 Å². The molecule has 2 aliphatic rings. The minimum absolute atomic E-state index is 0.443. The highest BCUT2D eigenvalue weighted by atomic mass is 79.9. The molecule has 0 amide bonds. The Kier molecular flexibility index (Phi) is 3.59. The van der Waals surface area contributed by atoms with E-state index in [1.807, 2.05) is 0 Å². The summed E-state index contributed by atoms with van der Waals surface area (Å²) in [4.78, 5) is 13.3. The van der Waals surface area contributed by atoms with Crippen molar-refractivity contribution >= 4 is 27.6 Å². The molecule has 1 aromatic rings. The molecular formula is C16H18BrNO2. The number of fused-ring (bicyclic) bond motifs is 2. The van der Waals surface area contributed by atoms with E-state index in [0.29, 0.717) is 12.1 Å². The van der Waals surface area contributed by atoms with Gasteiger partial charge < -0.3 is 10.0 Å². The molecule has 1 N–H and O–H groups in total. The van der Waals surface area contributed by atoms with Crippen LogP contribution in [-0.2, 0) is 4.79 Å². The van der Waals surface area contributed by atoms with Gasteiger partial charge in [0.15, 0.2) is 0 Å². The van der Waals surface area contributed by atoms with Crippen molar-refractivity contribution in [3.63, 3.8) is 0 Å². The number of carboxylic acid groups (broad SMARTS) is 1. The number of rotatable bonds is 2. The van der Waals surface area contributed by atoms with Crippen LogP contribution in [0.25, 0.3) is 0 Å². The van der Waals surface area contributed by atoms with Crippen molar-refractivity contribution in [3.8, 4) is 0 Å². The molecule has 2 heterocycles. The van der Waals surface area contributed by atoms with Gasteiger partial charge in [-0.3, -0.25) is 0 Å². The molecule has 3 nitrogen and oxygen atoms in total. The molecule has 2 fully saturated rings. The third kappa shape index (κ3) is 2.49. The molecule has 1 aromatic carbocycles. The Balaban J connectivity index is 1.89. The topological polar surface area (TPSA) is 40.5 Å². The van der Waals surface area contributed by atoms with Crippen LogP contribution in [-0.4, -0.2) is 23.2 Å². The van der Waals surface area contributed by atoms with E-state index in [4.69, 9.17) is 5.11 Å². The normalized spacial score (nSPS) is 24.9. The van der Waals surface area contributed by atoms with E-state index in [-0.39, 0.29) is 0 Å². The molecule has 0 aromatic heterocycles. The quantitative estimate of drug-likeness (QED) is 0.833. The Hall–Kier alpha value is -1.29. The molecule has 0 saturated carbocycles. The Morgan fingerprint density at radius 3 is 2.55 bits per heavy atom. The van der Waals surface area contributed by atoms with Crippen LogP contribution in [0.3, 0.4) is 0 Å². The fourth-order valence-corrected chi connectivity index (χ4v) is 4.26. The van der Waals surface area contributed by atoms with E-state index in [2.05, 4.69) is 46.0 Å². The highest BCUT2D eigenvalue weighted by molar-refractivity contribution is 9.10. The van der Waals surface area contributed by atoms with E-state index in [1.54, 1.807) is 0 Å². The summed E-state index contributed by atoms with van der Waals surface area (Å²) in [7, 11) is 0. The largest absolute Gasteiger partial charge is 0.478 e. The van der Waals surface area contributed by atoms with Crippen molar-refractivity contribution in [2.45, 2.75) is 44.7 Å². The maximum atomic E-state index is 10.8. The predicted octanol–water partition coefficient (Wildman–Crippen LogP) is 3.90. The Bertz CT molecular complexity index is 566. The predicted molar refractivity (Wildman–Crippen MR) is 83.1 cm³/mol. The summed E-state index contributed by atoms with van der Waals surface area (Å²) in [5, 5.41) is 8.92. The number of aliphatic carboxylic acids is 1. The van der Waals surface area contributed by atoms with E-state index >= 15 is 0 Å². The highest BCUT2D eigenvalue weighted by Gasteiger charge is 2.39. The van der Waals surface area contributed by atoms with E-state index in [0.717, 1.165) is 35.7 Å². The monoisotopic (exact) mass is 335 g/mol. The number of carboxylic acids is 1. The van der Waals surface area contributed by atoms with Crippen LogP contribution in [0, 0.1) is 6.92 Å². The van der Waals surface area contributed by atoms with Gasteiger partial charge in [-0.25, -0.2) is 4.79 Å². The van der Waals surface area contributed by atoms with Gasteiger partial charge in [-0.1, -0.05) is 11.6 Å². The highest BCUT2D eigenvalue weighted by Crippen LogP contribution is 2.43. The second kappa shape index (κ2) is 5.24. The Morgan fingerprint density at radius 1 is 1.35 bits per heavy atom. The lowest BCUT2D eigenvalue weighted by molar-refractivity contribution is -0.131. The Morgan fingerprint density at radius 2 is 2.00 bits per heavy atom. The van der Waals surface area contributed by atoms with Crippen LogP contribution >= 0.6 is 15.9 Å². The van der Waals surface area contributed by atoms with Crippen molar-refractivity contribution in [3.05, 3.63) is 39.9 Å². The molecule has 4 heteroatoms. The molecule has 2 unspecified atom stereocenters. The fraction of sp³-hybridized carbons (Fsp3) is 0.438. The van der Waals surface area contributed by atoms with E-state index < -0.39 is 5.97 Å². The lowest BCUT2D eigenvalue weighted by Gasteiger charge is -2.38. The lowest BCUT2D eigenvalue weighted by atomic mass is 9.95. The fourth-order valence-electron chi connectivity index (χ4n) is 3.56. The zero-order valence-electron chi connectivity index (χ0n) is 11.5. The van der Waals surface area contributed by atoms with Crippen LogP contribution in [0.4, 0.5) is 5.69 Å². The number of nitrogens with zero attached hydrogens (tertiary/aromatic N) is 1. The van der Waals surface area contributed by atoms with Crippen LogP contribution in [0.1, 0.15) is 31.2 Å². The molecule has 3 rings (SSSR count). The summed E-state index contributed by atoms with van der Waals surface area (Å²) in [5.74, 6) is -0.815. The molecule has 2 saturated heterocycles. The Labute approximate surface area is 127 Å². The molecule has 106 valence electrons. The van der Waals surface area contributed by atoms with Crippen molar-refractivity contribution in [1.82, 2.24) is 0 Å². The number of aryl methyl sites for hydroxylation is 1. The first-order valence-electron chi connectivity index (χ1n) is 7.01. The van der Waals surface area contributed by atoms with Gasteiger partial charge in [0.25, 0.3) is 0 Å². The summed E-state index contributed by atoms with van der Waals surface area (Å²) in [5.41, 5.74) is 3.58. The van der Waals surface area contributed by atoms with Crippen LogP contribution in [0.2, 0.25) is 0 Å². The molecule has 2 atom stereocenters. The van der Waals surface area contributed by atoms with Crippen LogP contribution in [0.15, 0.2) is 34.3 Å². The molecule has 2 aliphatic heterocycles. The third-order valence-electron chi connectivity index (χ3n) is 4.32. The van der Waals surface area contributed by atoms with Gasteiger partial charge in [0, 0.05) is 22.6 Å². The minimum Gasteiger partial charge on any atom is -0.478 e. The summed E-state index contributed by atoms with van der Waals surface area (Å²) in [6, 6.07) is 7.35. The van der Waals surface area contributed by atoms with Crippen molar-refractivity contribution in [1.29, 1.82) is 0 Å². The molecule has 2 bridgehead atoms. The number of hydrogen-bond donors (Lipinski definition) is 1. The zero-order valence-corrected chi connectivity index (χ0v) is 13.1. The summed E-state index contributed by atoms with van der Waals surface area (Å²) in [6.07, 6.45) is 5.48. The average Bonchev–Trinajstić information content (AvgIpc) is 2.62. The molecule has 0 spiro atoms. The van der Waals surface area contributed by atoms with E-state index in [1.165, 1.54) is 17.3 Å². The lowest BCUT2D eigenvalue weighted by Crippen LogP contribution is -2.40. The second-order valence-electron chi connectivity index (χ2n) is 5.80. The van der Waals surface area contributed by atoms with Gasteiger partial charge in [-0.05, 0) is 66.2 Å². The molecular weight excluding hydrogens is 318 g/mol. The summed E-state index contributed by atoms with van der Waals surface area (Å²) >= 11 is 3.67. The first kappa shape index (κ1) is 13.7. The van der Waals surface area contributed by atoms with Gasteiger partial charge in [-0.2, -0.15) is 0 Å². The van der Waals surface area contributed by atoms with E-state index in [9.17, 15) is 4.79 Å². The zero-order chi connectivity index (χ0) is 14.3. The van der Waals surface area contributed by atoms with Crippen molar-refractivity contribution in [2.75, 3.05) is 4.90 Å². The standard InChI is InChI=1S/C16H18BrNO2/c1-10-2-5-15(14(17)6-10)18-12-3-4-13(18)8-11(7-12)9-16(19)20/h2,5-6,9,12-13H,3-4,7-8H2,1H3,(H,19,20). The average molecular weight is 336 g/mol. The van der Waals surface area contributed by atoms with Crippen LogP contribution < -0.4 is 4.90 Å². The summed E-state index contributed by atoms with van der Waals surface area (Å²) < 4.78 is 1.14. The van der Waals surface area contributed by atoms with Crippen molar-refractivity contribution in [2.24, 2.45) is 0 Å². The first-order chi connectivity index (χ1) is 9.54.